The molecule has 0 saturated heterocycles. The van der Waals surface area contributed by atoms with Gasteiger partial charge in [-0.15, -0.1) is 0 Å². The summed E-state index contributed by atoms with van der Waals surface area (Å²) >= 11 is 0. The van der Waals surface area contributed by atoms with Crippen LogP contribution in [0.15, 0.2) is 48.5 Å². The Bertz CT molecular complexity index is 1160. The molecular weight excluding hydrogens is 440 g/mol. The Morgan fingerprint density at radius 3 is 1.71 bits per heavy atom. The second kappa shape index (κ2) is 8.19. The number of rotatable bonds is 6. The summed E-state index contributed by atoms with van der Waals surface area (Å²) in [6.07, 6.45) is 1.79. The fraction of sp³-hybridized carbons (Fsp3) is 0.417. The SMILES string of the molecule is CC1(C)[C@@H]2CC[C@]1(C)[C@H](NC(=O)c1ccc([N+](=O)[O-])cc1)[C@@H]2NC(=O)c1ccc([N+](=O)[O-])cc1. The zero-order chi connectivity index (χ0) is 24.8. The first kappa shape index (κ1) is 23.3. The first-order valence-electron chi connectivity index (χ1n) is 11.1. The molecule has 0 aromatic heterocycles. The molecule has 2 N–H and O–H groups in total. The lowest BCUT2D eigenvalue weighted by molar-refractivity contribution is -0.385. The van der Waals surface area contributed by atoms with E-state index >= 15 is 0 Å². The van der Waals surface area contributed by atoms with E-state index < -0.39 is 9.85 Å². The van der Waals surface area contributed by atoms with Crippen molar-refractivity contribution in [2.24, 2.45) is 16.7 Å². The van der Waals surface area contributed by atoms with Crippen molar-refractivity contribution in [3.05, 3.63) is 79.9 Å². The Kier molecular flexibility index (Phi) is 5.63. The minimum Gasteiger partial charge on any atom is -0.347 e. The molecule has 4 rings (SSSR count). The number of hydrogen-bond acceptors (Lipinski definition) is 6. The summed E-state index contributed by atoms with van der Waals surface area (Å²) in [5.41, 5.74) is -0.0294. The highest BCUT2D eigenvalue weighted by Gasteiger charge is 2.66. The number of nitro benzene ring substituents is 2. The van der Waals surface area contributed by atoms with Crippen LogP contribution in [-0.2, 0) is 0 Å². The van der Waals surface area contributed by atoms with E-state index in [1.165, 1.54) is 48.5 Å². The van der Waals surface area contributed by atoms with Gasteiger partial charge in [0.15, 0.2) is 0 Å². The molecule has 2 aromatic carbocycles. The molecule has 10 heteroatoms. The molecule has 10 nitrogen and oxygen atoms in total. The fourth-order valence-electron chi connectivity index (χ4n) is 5.74. The molecule has 178 valence electrons. The number of fused-ring (bicyclic) bond motifs is 2. The predicted molar refractivity (Wildman–Crippen MR) is 123 cm³/mol. The van der Waals surface area contributed by atoms with Crippen LogP contribution in [0.3, 0.4) is 0 Å². The number of carbonyl (C=O) groups excluding carboxylic acids is 2. The third-order valence-electron chi connectivity index (χ3n) is 8.12. The number of benzene rings is 2. The molecule has 4 atom stereocenters. The Hall–Kier alpha value is -3.82. The lowest BCUT2D eigenvalue weighted by Crippen LogP contribution is -2.57. The highest BCUT2D eigenvalue weighted by Crippen LogP contribution is 2.65. The molecule has 2 bridgehead atoms. The number of hydrogen-bond donors (Lipinski definition) is 2. The monoisotopic (exact) mass is 466 g/mol. The highest BCUT2D eigenvalue weighted by atomic mass is 16.6. The van der Waals surface area contributed by atoms with E-state index in [0.29, 0.717) is 11.1 Å². The maximum Gasteiger partial charge on any atom is 0.269 e. The van der Waals surface area contributed by atoms with E-state index in [1.807, 2.05) is 0 Å². The summed E-state index contributed by atoms with van der Waals surface area (Å²) < 4.78 is 0. The van der Waals surface area contributed by atoms with Crippen LogP contribution in [0.25, 0.3) is 0 Å². The summed E-state index contributed by atoms with van der Waals surface area (Å²) in [7, 11) is 0. The summed E-state index contributed by atoms with van der Waals surface area (Å²) in [4.78, 5) is 46.8. The summed E-state index contributed by atoms with van der Waals surface area (Å²) in [5.74, 6) is -0.595. The van der Waals surface area contributed by atoms with Crippen molar-refractivity contribution in [2.45, 2.75) is 45.7 Å². The number of non-ortho nitro benzene ring substituents is 2. The van der Waals surface area contributed by atoms with Gasteiger partial charge in [-0.05, 0) is 53.9 Å². The van der Waals surface area contributed by atoms with Gasteiger partial charge in [-0.2, -0.15) is 0 Å². The van der Waals surface area contributed by atoms with Gasteiger partial charge >= 0.3 is 0 Å². The van der Waals surface area contributed by atoms with Gasteiger partial charge in [0.05, 0.1) is 21.9 Å². The average molecular weight is 466 g/mol. The van der Waals surface area contributed by atoms with Gasteiger partial charge in [-0.1, -0.05) is 20.8 Å². The van der Waals surface area contributed by atoms with Crippen molar-refractivity contribution >= 4 is 23.2 Å². The van der Waals surface area contributed by atoms with Crippen LogP contribution in [0.4, 0.5) is 11.4 Å². The molecule has 2 aliphatic rings. The second-order valence-electron chi connectivity index (χ2n) is 9.84. The van der Waals surface area contributed by atoms with Gasteiger partial charge in [0, 0.05) is 35.4 Å². The van der Waals surface area contributed by atoms with E-state index in [4.69, 9.17) is 0 Å². The minimum atomic E-state index is -0.523. The molecule has 0 radical (unpaired) electrons. The van der Waals surface area contributed by atoms with E-state index in [0.717, 1.165) is 12.8 Å². The maximum atomic E-state index is 13.1. The van der Waals surface area contributed by atoms with Crippen LogP contribution in [0, 0.1) is 37.0 Å². The second-order valence-corrected chi connectivity index (χ2v) is 9.84. The zero-order valence-corrected chi connectivity index (χ0v) is 19.1. The highest BCUT2D eigenvalue weighted by molar-refractivity contribution is 5.96. The number of nitrogens with zero attached hydrogens (tertiary/aromatic N) is 2. The van der Waals surface area contributed by atoms with E-state index in [9.17, 15) is 29.8 Å². The van der Waals surface area contributed by atoms with Crippen LogP contribution in [0.5, 0.6) is 0 Å². The minimum absolute atomic E-state index is 0.0987. The van der Waals surface area contributed by atoms with E-state index in [2.05, 4.69) is 31.4 Å². The molecule has 0 aliphatic heterocycles. The van der Waals surface area contributed by atoms with Crippen LogP contribution in [0.2, 0.25) is 0 Å². The number of nitrogens with one attached hydrogen (secondary N) is 2. The largest absolute Gasteiger partial charge is 0.347 e. The van der Waals surface area contributed by atoms with Crippen LogP contribution in [0.1, 0.15) is 54.3 Å². The smallest absolute Gasteiger partial charge is 0.269 e. The van der Waals surface area contributed by atoms with Crippen molar-refractivity contribution < 1.29 is 19.4 Å². The van der Waals surface area contributed by atoms with Crippen molar-refractivity contribution in [3.8, 4) is 0 Å². The lowest BCUT2D eigenvalue weighted by Gasteiger charge is -2.40. The molecule has 2 aromatic rings. The van der Waals surface area contributed by atoms with E-state index in [-0.39, 0.29) is 52.0 Å². The quantitative estimate of drug-likeness (QED) is 0.489. The molecule has 2 saturated carbocycles. The summed E-state index contributed by atoms with van der Waals surface area (Å²) in [6, 6.07) is 10.1. The first-order valence-corrected chi connectivity index (χ1v) is 11.1. The summed E-state index contributed by atoms with van der Waals surface area (Å²) in [6.45, 7) is 6.41. The van der Waals surface area contributed by atoms with Gasteiger partial charge in [0.25, 0.3) is 23.2 Å². The third-order valence-corrected chi connectivity index (χ3v) is 8.12. The van der Waals surface area contributed by atoms with Crippen LogP contribution in [-0.4, -0.2) is 33.7 Å². The van der Waals surface area contributed by atoms with Crippen LogP contribution < -0.4 is 10.6 Å². The fourth-order valence-corrected chi connectivity index (χ4v) is 5.74. The van der Waals surface area contributed by atoms with Crippen molar-refractivity contribution in [1.82, 2.24) is 10.6 Å². The van der Waals surface area contributed by atoms with Crippen molar-refractivity contribution in [3.63, 3.8) is 0 Å². The van der Waals surface area contributed by atoms with Gasteiger partial charge in [0.2, 0.25) is 0 Å². The average Bonchev–Trinajstić information content (AvgIpc) is 3.12. The molecule has 2 fully saturated rings. The number of amides is 2. The molecule has 34 heavy (non-hydrogen) atoms. The lowest BCUT2D eigenvalue weighted by atomic mass is 9.69. The Morgan fingerprint density at radius 1 is 0.824 bits per heavy atom. The van der Waals surface area contributed by atoms with Crippen molar-refractivity contribution in [2.75, 3.05) is 0 Å². The Labute approximate surface area is 196 Å². The molecular formula is C24H26N4O6. The molecule has 0 unspecified atom stereocenters. The number of nitro groups is 2. The standard InChI is InChI=1S/C24H26N4O6/c1-23(2)18-12-13-24(23,3)20(26-22(30)15-6-10-17(11-7-15)28(33)34)19(18)25-21(29)14-4-8-16(9-5-14)27(31)32/h4-11,18-20H,12-13H2,1-3H3,(H,25,29)(H,26,30)/t18-,19-,20-,24-/m1/s1. The maximum absolute atomic E-state index is 13.1. The van der Waals surface area contributed by atoms with Gasteiger partial charge in [-0.25, -0.2) is 0 Å². The zero-order valence-electron chi connectivity index (χ0n) is 19.1. The van der Waals surface area contributed by atoms with Crippen molar-refractivity contribution in [1.29, 1.82) is 0 Å². The van der Waals surface area contributed by atoms with Gasteiger partial charge in [-0.3, -0.25) is 29.8 Å². The van der Waals surface area contributed by atoms with E-state index in [1.54, 1.807) is 0 Å². The molecule has 0 spiro atoms. The topological polar surface area (TPSA) is 144 Å². The Balaban J connectivity index is 1.57. The van der Waals surface area contributed by atoms with Gasteiger partial charge < -0.3 is 10.6 Å². The van der Waals surface area contributed by atoms with Crippen LogP contribution >= 0.6 is 0 Å². The molecule has 2 aliphatic carbocycles. The number of carbonyl (C=O) groups is 2. The molecule has 2 amide bonds. The third kappa shape index (κ3) is 3.68. The first-order chi connectivity index (χ1) is 16.0. The Morgan fingerprint density at radius 2 is 1.26 bits per heavy atom. The normalized spacial score (nSPS) is 26.6. The van der Waals surface area contributed by atoms with Gasteiger partial charge in [0.1, 0.15) is 0 Å². The molecule has 0 heterocycles. The predicted octanol–water partition coefficient (Wildman–Crippen LogP) is 3.86. The summed E-state index contributed by atoms with van der Waals surface area (Å²) in [5, 5.41) is 28.0.